The van der Waals surface area contributed by atoms with Crippen molar-refractivity contribution < 1.29 is 47.9 Å². The van der Waals surface area contributed by atoms with Gasteiger partial charge in [0.25, 0.3) is 11.8 Å². The summed E-state index contributed by atoms with van der Waals surface area (Å²) in [6.45, 7) is 0.375. The third-order valence-electron chi connectivity index (χ3n) is 6.08. The van der Waals surface area contributed by atoms with Crippen LogP contribution in [0.4, 0.5) is 17.5 Å². The fraction of sp³-hybridized carbons (Fsp3) is 0.214. The van der Waals surface area contributed by atoms with Crippen LogP contribution >= 0.6 is 0 Å². The van der Waals surface area contributed by atoms with Crippen molar-refractivity contribution in [2.75, 3.05) is 23.3 Å². The average Bonchev–Trinajstić information content (AvgIpc) is 2.97. The monoisotopic (exact) mass is 640 g/mol. The van der Waals surface area contributed by atoms with Gasteiger partial charge in [0.1, 0.15) is 6.04 Å². The van der Waals surface area contributed by atoms with Gasteiger partial charge < -0.3 is 37.6 Å². The zero-order chi connectivity index (χ0) is 30.2. The average molecular weight is 641 g/mol. The summed E-state index contributed by atoms with van der Waals surface area (Å²) in [7, 11) is 0. The van der Waals surface area contributed by atoms with Gasteiger partial charge in [0.2, 0.25) is 5.95 Å². The normalized spacial score (nSPS) is 10.9. The van der Waals surface area contributed by atoms with Gasteiger partial charge in [-0.15, -0.1) is 0 Å². The number of nitrogens with two attached hydrogens (primary N) is 2. The fourth-order valence-electron chi connectivity index (χ4n) is 3.97. The summed E-state index contributed by atoms with van der Waals surface area (Å²) in [6, 6.07) is 11.0. The Morgan fingerprint density at radius 1 is 0.886 bits per heavy atom. The van der Waals surface area contributed by atoms with Crippen molar-refractivity contribution in [3.05, 3.63) is 77.1 Å². The minimum absolute atomic E-state index is 0. The van der Waals surface area contributed by atoms with Crippen LogP contribution in [0.1, 0.15) is 57.0 Å². The van der Waals surface area contributed by atoms with Gasteiger partial charge in [-0.2, -0.15) is 9.97 Å². The molecule has 0 saturated carbocycles. The van der Waals surface area contributed by atoms with Crippen LogP contribution in [0, 0.1) is 0 Å². The van der Waals surface area contributed by atoms with Gasteiger partial charge in [0.05, 0.1) is 29.6 Å². The van der Waals surface area contributed by atoms with E-state index in [1.165, 1.54) is 36.5 Å². The number of aromatic nitrogens is 4. The van der Waals surface area contributed by atoms with E-state index in [1.807, 2.05) is 0 Å². The van der Waals surface area contributed by atoms with E-state index in [2.05, 4.69) is 35.9 Å². The number of hydrogen-bond acceptors (Lipinski definition) is 11. The number of fused-ring (bicyclic) bond motifs is 1. The first-order chi connectivity index (χ1) is 20.1. The molecule has 16 heteroatoms. The summed E-state index contributed by atoms with van der Waals surface area (Å²) < 4.78 is 0. The number of carboxylic acids is 2. The molecule has 4 aromatic rings. The molecule has 2 aromatic heterocycles. The Hall–Kier alpha value is -5.28. The summed E-state index contributed by atoms with van der Waals surface area (Å²) in [6.07, 6.45) is 1.79. The van der Waals surface area contributed by atoms with Crippen molar-refractivity contribution in [3.8, 4) is 0 Å². The molecule has 0 spiro atoms. The predicted molar refractivity (Wildman–Crippen MR) is 158 cm³/mol. The number of aromatic carboxylic acids is 1. The molecule has 1 radical (unpaired) electrons. The Bertz CT molecular complexity index is 1650. The number of hydrogen-bond donors (Lipinski definition) is 7. The van der Waals surface area contributed by atoms with Gasteiger partial charge >= 0.3 is 11.9 Å². The standard InChI is InChI=1S/C27H27N9O6.CH4.V/c28-21-20-22(36-27(29)35-21)32-13-16(33-20)12-31-15-9-7-14(8-10-15)23(37)34-19(26(41)42)6-3-11-30-24(38)17-4-1-2-5-18(17)25(39)40;;/h1-2,4-5,7-10,13,19,31H,3,6,11-12H2,(H,30,38)(H,34,37)(H,39,40)(H,41,42)(H4,28,29,32,35,36);1H4;. The molecule has 1 unspecified atom stereocenters. The summed E-state index contributed by atoms with van der Waals surface area (Å²) in [5.74, 6) is -3.51. The number of carbonyl (C=O) groups excluding carboxylic acids is 2. The fourth-order valence-corrected chi connectivity index (χ4v) is 3.97. The Morgan fingerprint density at radius 2 is 1.57 bits per heavy atom. The van der Waals surface area contributed by atoms with E-state index in [1.54, 1.807) is 18.2 Å². The van der Waals surface area contributed by atoms with E-state index in [0.717, 1.165) is 0 Å². The van der Waals surface area contributed by atoms with Crippen LogP contribution in [0.3, 0.4) is 0 Å². The largest absolute Gasteiger partial charge is 0.480 e. The maximum atomic E-state index is 12.7. The van der Waals surface area contributed by atoms with Crippen LogP contribution in [0.15, 0.2) is 54.7 Å². The van der Waals surface area contributed by atoms with Crippen LogP contribution in [0.25, 0.3) is 11.2 Å². The van der Waals surface area contributed by atoms with Gasteiger partial charge in [-0.05, 0) is 49.2 Å². The number of carbonyl (C=O) groups is 4. The van der Waals surface area contributed by atoms with E-state index < -0.39 is 29.8 Å². The molecule has 0 aliphatic carbocycles. The van der Waals surface area contributed by atoms with Crippen LogP contribution in [-0.4, -0.2) is 66.5 Å². The van der Waals surface area contributed by atoms with Gasteiger partial charge in [-0.3, -0.25) is 9.59 Å². The van der Waals surface area contributed by atoms with E-state index >= 15 is 0 Å². The number of nitrogen functional groups attached to an aromatic ring is 2. The summed E-state index contributed by atoms with van der Waals surface area (Å²) in [5, 5.41) is 27.0. The van der Waals surface area contributed by atoms with Crippen molar-refractivity contribution in [3.63, 3.8) is 0 Å². The number of nitrogens with one attached hydrogen (secondary N) is 3. The van der Waals surface area contributed by atoms with E-state index in [0.29, 0.717) is 16.9 Å². The van der Waals surface area contributed by atoms with Crippen LogP contribution in [-0.2, 0) is 29.9 Å². The molecule has 0 saturated heterocycles. The predicted octanol–water partition coefficient (Wildman–Crippen LogP) is 1.92. The van der Waals surface area contributed by atoms with Gasteiger partial charge in [0, 0.05) is 36.4 Å². The number of carboxylic acid groups (broad SMARTS) is 2. The summed E-state index contributed by atoms with van der Waals surface area (Å²) in [4.78, 5) is 64.5. The zero-order valence-electron chi connectivity index (χ0n) is 22.5. The van der Waals surface area contributed by atoms with E-state index in [9.17, 15) is 29.4 Å². The molecule has 15 nitrogen and oxygen atoms in total. The third kappa shape index (κ3) is 8.86. The molecular weight excluding hydrogens is 609 g/mol. The Balaban J connectivity index is 0.00000337. The van der Waals surface area contributed by atoms with E-state index in [-0.39, 0.29) is 86.0 Å². The second-order valence-electron chi connectivity index (χ2n) is 9.04. The third-order valence-corrected chi connectivity index (χ3v) is 6.08. The van der Waals surface area contributed by atoms with Crippen LogP contribution < -0.4 is 27.4 Å². The molecular formula is C28H31N9O6V. The second-order valence-corrected chi connectivity index (χ2v) is 9.04. The number of benzene rings is 2. The Morgan fingerprint density at radius 3 is 2.23 bits per heavy atom. The zero-order valence-corrected chi connectivity index (χ0v) is 23.9. The molecule has 0 aliphatic heterocycles. The van der Waals surface area contributed by atoms with Crippen LogP contribution in [0.5, 0.6) is 0 Å². The molecule has 4 rings (SSSR count). The number of anilines is 3. The van der Waals surface area contributed by atoms with Crippen molar-refractivity contribution in [2.24, 2.45) is 0 Å². The molecule has 1 atom stereocenters. The second kappa shape index (κ2) is 15.8. The van der Waals surface area contributed by atoms with Crippen LogP contribution in [0.2, 0.25) is 0 Å². The van der Waals surface area contributed by atoms with Gasteiger partial charge in [-0.25, -0.2) is 19.6 Å². The molecule has 9 N–H and O–H groups in total. The van der Waals surface area contributed by atoms with Crippen molar-refractivity contribution in [1.82, 2.24) is 30.6 Å². The first kappa shape index (κ1) is 34.9. The summed E-state index contributed by atoms with van der Waals surface area (Å²) in [5.41, 5.74) is 13.4. The SMILES string of the molecule is C.Nc1nc(N)c2nc(CNc3ccc(C(=O)NC(CCCNC(=O)c4ccccc4C(=O)O)C(=O)O)cc3)cnc2n1.[V]. The quantitative estimate of drug-likeness (QED) is 0.110. The van der Waals surface area contributed by atoms with Crippen molar-refractivity contribution in [2.45, 2.75) is 32.9 Å². The topological polar surface area (TPSA) is 248 Å². The Kier molecular flexibility index (Phi) is 12.6. The number of rotatable bonds is 12. The number of nitrogens with zero attached hydrogens (tertiary/aromatic N) is 4. The molecule has 2 heterocycles. The maximum Gasteiger partial charge on any atom is 0.336 e. The first-order valence-electron chi connectivity index (χ1n) is 12.6. The van der Waals surface area contributed by atoms with Gasteiger partial charge in [-0.1, -0.05) is 19.6 Å². The molecule has 0 bridgehead atoms. The molecule has 0 aliphatic rings. The van der Waals surface area contributed by atoms with E-state index in [4.69, 9.17) is 11.5 Å². The smallest absolute Gasteiger partial charge is 0.336 e. The van der Waals surface area contributed by atoms with Crippen molar-refractivity contribution >= 4 is 52.4 Å². The first-order valence-corrected chi connectivity index (χ1v) is 12.6. The molecule has 2 amide bonds. The van der Waals surface area contributed by atoms with Gasteiger partial charge in [0.15, 0.2) is 17.0 Å². The Labute approximate surface area is 263 Å². The molecule has 229 valence electrons. The molecule has 0 fully saturated rings. The number of amides is 2. The minimum atomic E-state index is -1.23. The maximum absolute atomic E-state index is 12.7. The van der Waals surface area contributed by atoms with Crippen molar-refractivity contribution in [1.29, 1.82) is 0 Å². The minimum Gasteiger partial charge on any atom is -0.480 e. The summed E-state index contributed by atoms with van der Waals surface area (Å²) >= 11 is 0. The number of aliphatic carboxylic acids is 1. The molecule has 44 heavy (non-hydrogen) atoms. The molecule has 2 aromatic carbocycles.